The number of rotatable bonds is 3. The Labute approximate surface area is 115 Å². The molecule has 0 radical (unpaired) electrons. The normalized spacial score (nSPS) is 22.4. The van der Waals surface area contributed by atoms with Gasteiger partial charge in [-0.15, -0.1) is 11.3 Å². The van der Waals surface area contributed by atoms with Gasteiger partial charge in [-0.1, -0.05) is 12.8 Å². The second kappa shape index (κ2) is 6.12. The van der Waals surface area contributed by atoms with Crippen LogP contribution in [-0.4, -0.2) is 29.8 Å². The van der Waals surface area contributed by atoms with Crippen molar-refractivity contribution in [2.24, 2.45) is 0 Å². The fourth-order valence-corrected chi connectivity index (χ4v) is 3.61. The van der Waals surface area contributed by atoms with Gasteiger partial charge >= 0.3 is 0 Å². The molecule has 1 aliphatic rings. The molecule has 1 saturated heterocycles. The molecule has 1 fully saturated rings. The van der Waals surface area contributed by atoms with Crippen molar-refractivity contribution in [2.75, 3.05) is 13.1 Å². The number of likely N-dealkylation sites (tertiary alicyclic amines) is 1. The number of carbonyl (C=O) groups excluding carboxylic acids is 1. The second-order valence-corrected chi connectivity index (χ2v) is 7.16. The molecular formula is C13H18BrNOS. The molecule has 0 N–H and O–H groups in total. The minimum absolute atomic E-state index is 0.259. The third kappa shape index (κ3) is 3.63. The number of carbonyl (C=O) groups is 1. The summed E-state index contributed by atoms with van der Waals surface area (Å²) in [7, 11) is 0. The molecule has 0 aliphatic carbocycles. The third-order valence-corrected chi connectivity index (χ3v) is 5.05. The van der Waals surface area contributed by atoms with E-state index in [1.54, 1.807) is 0 Å². The van der Waals surface area contributed by atoms with E-state index in [0.717, 1.165) is 15.2 Å². The first-order valence-corrected chi connectivity index (χ1v) is 7.80. The van der Waals surface area contributed by atoms with Crippen molar-refractivity contribution in [1.82, 2.24) is 4.90 Å². The molecule has 2 heterocycles. The number of thiophene rings is 1. The van der Waals surface area contributed by atoms with E-state index in [4.69, 9.17) is 0 Å². The van der Waals surface area contributed by atoms with Gasteiger partial charge in [0.1, 0.15) is 0 Å². The van der Waals surface area contributed by atoms with Crippen LogP contribution in [0.4, 0.5) is 0 Å². The Balaban J connectivity index is 1.97. The molecule has 2 rings (SSSR count). The van der Waals surface area contributed by atoms with Gasteiger partial charge in [0.15, 0.2) is 5.78 Å². The largest absolute Gasteiger partial charge is 0.293 e. The van der Waals surface area contributed by atoms with Gasteiger partial charge in [0, 0.05) is 6.04 Å². The van der Waals surface area contributed by atoms with Gasteiger partial charge in [-0.25, -0.2) is 0 Å². The van der Waals surface area contributed by atoms with Crippen molar-refractivity contribution in [3.8, 4) is 0 Å². The molecule has 0 amide bonds. The van der Waals surface area contributed by atoms with Crippen molar-refractivity contribution >= 4 is 33.0 Å². The average molecular weight is 316 g/mol. The highest BCUT2D eigenvalue weighted by Gasteiger charge is 2.20. The van der Waals surface area contributed by atoms with E-state index in [1.807, 2.05) is 12.1 Å². The second-order valence-electron chi connectivity index (χ2n) is 4.70. The highest BCUT2D eigenvalue weighted by atomic mass is 79.9. The lowest BCUT2D eigenvalue weighted by Crippen LogP contribution is -2.36. The van der Waals surface area contributed by atoms with Crippen LogP contribution in [0.2, 0.25) is 0 Å². The number of nitrogens with zero attached hydrogens (tertiary/aromatic N) is 1. The summed E-state index contributed by atoms with van der Waals surface area (Å²) < 4.78 is 1.03. The standard InChI is InChI=1S/C13H18BrNOS/c1-10-5-3-2-4-8-15(10)9-11(16)12-6-7-13(14)17-12/h6-7,10H,2-5,8-9H2,1H3. The van der Waals surface area contributed by atoms with Gasteiger partial charge in [0.25, 0.3) is 0 Å². The van der Waals surface area contributed by atoms with E-state index < -0.39 is 0 Å². The van der Waals surface area contributed by atoms with Gasteiger partial charge in [0.05, 0.1) is 15.2 Å². The predicted octanol–water partition coefficient (Wildman–Crippen LogP) is 3.96. The summed E-state index contributed by atoms with van der Waals surface area (Å²) in [6, 6.07) is 4.41. The van der Waals surface area contributed by atoms with Gasteiger partial charge in [0.2, 0.25) is 0 Å². The number of Topliss-reactive ketones (excluding diaryl/α,β-unsaturated/α-hetero) is 1. The summed E-state index contributed by atoms with van der Waals surface area (Å²) in [6.07, 6.45) is 5.06. The third-order valence-electron chi connectivity index (χ3n) is 3.39. The Kier molecular flexibility index (Phi) is 4.77. The smallest absolute Gasteiger partial charge is 0.186 e. The first-order valence-electron chi connectivity index (χ1n) is 6.19. The van der Waals surface area contributed by atoms with Crippen LogP contribution >= 0.6 is 27.3 Å². The molecule has 1 unspecified atom stereocenters. The molecule has 2 nitrogen and oxygen atoms in total. The zero-order chi connectivity index (χ0) is 12.3. The molecule has 0 bridgehead atoms. The molecule has 94 valence electrons. The zero-order valence-corrected chi connectivity index (χ0v) is 12.5. The van der Waals surface area contributed by atoms with Gasteiger partial charge in [-0.2, -0.15) is 0 Å². The minimum Gasteiger partial charge on any atom is -0.293 e. The van der Waals surface area contributed by atoms with Crippen molar-refractivity contribution in [1.29, 1.82) is 0 Å². The van der Waals surface area contributed by atoms with E-state index in [-0.39, 0.29) is 5.78 Å². The predicted molar refractivity (Wildman–Crippen MR) is 75.9 cm³/mol. The van der Waals surface area contributed by atoms with Crippen LogP contribution < -0.4 is 0 Å². The van der Waals surface area contributed by atoms with Crippen LogP contribution in [-0.2, 0) is 0 Å². The van der Waals surface area contributed by atoms with E-state index in [1.165, 1.54) is 37.0 Å². The molecule has 1 atom stereocenters. The Bertz CT molecular complexity index is 391. The van der Waals surface area contributed by atoms with Crippen LogP contribution in [0, 0.1) is 0 Å². The van der Waals surface area contributed by atoms with Crippen LogP contribution in [0.3, 0.4) is 0 Å². The van der Waals surface area contributed by atoms with E-state index in [9.17, 15) is 4.79 Å². The quantitative estimate of drug-likeness (QED) is 0.787. The monoisotopic (exact) mass is 315 g/mol. The Morgan fingerprint density at radius 1 is 1.47 bits per heavy atom. The molecule has 0 saturated carbocycles. The van der Waals surface area contributed by atoms with Gasteiger partial charge in [-0.05, 0) is 54.4 Å². The lowest BCUT2D eigenvalue weighted by molar-refractivity contribution is 0.0905. The molecule has 17 heavy (non-hydrogen) atoms. The summed E-state index contributed by atoms with van der Waals surface area (Å²) in [5.41, 5.74) is 0. The Morgan fingerprint density at radius 2 is 2.29 bits per heavy atom. The fraction of sp³-hybridized carbons (Fsp3) is 0.615. The van der Waals surface area contributed by atoms with Crippen molar-refractivity contribution in [3.05, 3.63) is 20.8 Å². The van der Waals surface area contributed by atoms with Crippen molar-refractivity contribution < 1.29 is 4.79 Å². The summed E-state index contributed by atoms with van der Waals surface area (Å²) in [5.74, 6) is 0.259. The highest BCUT2D eigenvalue weighted by Crippen LogP contribution is 2.23. The summed E-state index contributed by atoms with van der Waals surface area (Å²) in [4.78, 5) is 15.3. The number of ketones is 1. The van der Waals surface area contributed by atoms with Crippen LogP contribution in [0.5, 0.6) is 0 Å². The summed E-state index contributed by atoms with van der Waals surface area (Å²) in [5, 5.41) is 0. The lowest BCUT2D eigenvalue weighted by Gasteiger charge is -2.25. The van der Waals surface area contributed by atoms with Crippen molar-refractivity contribution in [2.45, 2.75) is 38.6 Å². The fourth-order valence-electron chi connectivity index (χ4n) is 2.30. The molecule has 1 aromatic rings. The molecular weight excluding hydrogens is 298 g/mol. The van der Waals surface area contributed by atoms with Crippen LogP contribution in [0.25, 0.3) is 0 Å². The summed E-state index contributed by atoms with van der Waals surface area (Å²) in [6.45, 7) is 3.89. The minimum atomic E-state index is 0.259. The maximum atomic E-state index is 12.1. The van der Waals surface area contributed by atoms with E-state index in [0.29, 0.717) is 12.6 Å². The summed E-state index contributed by atoms with van der Waals surface area (Å²) >= 11 is 4.93. The number of hydrogen-bond donors (Lipinski definition) is 0. The van der Waals surface area contributed by atoms with Gasteiger partial charge in [-0.3, -0.25) is 9.69 Å². The maximum Gasteiger partial charge on any atom is 0.186 e. The molecule has 1 aliphatic heterocycles. The Morgan fingerprint density at radius 3 is 3.00 bits per heavy atom. The Hall–Kier alpha value is -0.190. The number of hydrogen-bond acceptors (Lipinski definition) is 3. The maximum absolute atomic E-state index is 12.1. The SMILES string of the molecule is CC1CCCCCN1CC(=O)c1ccc(Br)s1. The lowest BCUT2D eigenvalue weighted by atomic mass is 10.1. The van der Waals surface area contributed by atoms with E-state index in [2.05, 4.69) is 27.8 Å². The molecule has 0 aromatic carbocycles. The number of halogens is 1. The first kappa shape index (κ1) is 13.2. The molecule has 1 aromatic heterocycles. The van der Waals surface area contributed by atoms with E-state index >= 15 is 0 Å². The van der Waals surface area contributed by atoms with Crippen molar-refractivity contribution in [3.63, 3.8) is 0 Å². The molecule has 4 heteroatoms. The van der Waals surface area contributed by atoms with Crippen LogP contribution in [0.1, 0.15) is 42.3 Å². The highest BCUT2D eigenvalue weighted by molar-refractivity contribution is 9.11. The zero-order valence-electron chi connectivity index (χ0n) is 10.1. The van der Waals surface area contributed by atoms with Crippen LogP contribution in [0.15, 0.2) is 15.9 Å². The van der Waals surface area contributed by atoms with Gasteiger partial charge < -0.3 is 0 Å². The molecule has 0 spiro atoms. The topological polar surface area (TPSA) is 20.3 Å². The average Bonchev–Trinajstić information content (AvgIpc) is 2.63. The first-order chi connectivity index (χ1) is 8.16.